The van der Waals surface area contributed by atoms with Gasteiger partial charge in [0.05, 0.1) is 12.3 Å². The Balaban J connectivity index is 1.87. The van der Waals surface area contributed by atoms with E-state index >= 15 is 0 Å². The summed E-state index contributed by atoms with van der Waals surface area (Å²) in [6, 6.07) is 7.32. The van der Waals surface area contributed by atoms with E-state index in [1.54, 1.807) is 11.8 Å². The molecule has 0 aromatic heterocycles. The quantitative estimate of drug-likeness (QED) is 0.826. The van der Waals surface area contributed by atoms with Crippen LogP contribution >= 0.6 is 0 Å². The number of hydrogen-bond donors (Lipinski definition) is 2. The largest absolute Gasteiger partial charge is 0.481 e. The van der Waals surface area contributed by atoms with Crippen molar-refractivity contribution in [1.29, 1.82) is 0 Å². The van der Waals surface area contributed by atoms with E-state index in [4.69, 9.17) is 5.11 Å². The summed E-state index contributed by atoms with van der Waals surface area (Å²) in [6.45, 7) is 2.41. The van der Waals surface area contributed by atoms with Crippen LogP contribution in [0.25, 0.3) is 0 Å². The minimum atomic E-state index is -0.931. The monoisotopic (exact) mass is 304 g/mol. The number of aliphatic carboxylic acids is 1. The first-order valence-electron chi connectivity index (χ1n) is 7.36. The van der Waals surface area contributed by atoms with Crippen LogP contribution in [-0.4, -0.2) is 36.0 Å². The smallest absolute Gasteiger partial charge is 0.308 e. The van der Waals surface area contributed by atoms with E-state index in [1.807, 2.05) is 24.3 Å². The molecule has 1 atom stereocenters. The highest BCUT2D eigenvalue weighted by molar-refractivity contribution is 5.95. The topological polar surface area (TPSA) is 86.7 Å². The van der Waals surface area contributed by atoms with Crippen molar-refractivity contribution in [3.05, 3.63) is 29.8 Å². The lowest BCUT2D eigenvalue weighted by atomic mass is 10.1. The van der Waals surface area contributed by atoms with Crippen LogP contribution in [0.5, 0.6) is 0 Å². The molecule has 0 saturated carbocycles. The summed E-state index contributed by atoms with van der Waals surface area (Å²) >= 11 is 0. The molecule has 0 spiro atoms. The lowest BCUT2D eigenvalue weighted by Gasteiger charge is -2.16. The second-order valence-electron chi connectivity index (χ2n) is 5.54. The van der Waals surface area contributed by atoms with Gasteiger partial charge in [-0.3, -0.25) is 14.4 Å². The molecule has 0 aliphatic carbocycles. The van der Waals surface area contributed by atoms with Crippen molar-refractivity contribution in [2.45, 2.75) is 26.2 Å². The summed E-state index contributed by atoms with van der Waals surface area (Å²) < 4.78 is 0. The van der Waals surface area contributed by atoms with Gasteiger partial charge in [0.15, 0.2) is 0 Å². The zero-order valence-corrected chi connectivity index (χ0v) is 12.5. The van der Waals surface area contributed by atoms with Gasteiger partial charge in [-0.05, 0) is 24.1 Å². The van der Waals surface area contributed by atoms with Crippen LogP contribution in [-0.2, 0) is 20.8 Å². The van der Waals surface area contributed by atoms with E-state index in [2.05, 4.69) is 5.32 Å². The molecule has 0 unspecified atom stereocenters. The van der Waals surface area contributed by atoms with Crippen LogP contribution in [0.3, 0.4) is 0 Å². The zero-order valence-electron chi connectivity index (χ0n) is 12.5. The van der Waals surface area contributed by atoms with E-state index in [1.165, 1.54) is 0 Å². The molecule has 22 heavy (non-hydrogen) atoms. The van der Waals surface area contributed by atoms with Crippen LogP contribution in [0, 0.1) is 5.92 Å². The van der Waals surface area contributed by atoms with E-state index < -0.39 is 11.9 Å². The third-order valence-corrected chi connectivity index (χ3v) is 3.71. The molecular weight excluding hydrogens is 284 g/mol. The Morgan fingerprint density at radius 2 is 2.00 bits per heavy atom. The third-order valence-electron chi connectivity index (χ3n) is 3.71. The summed E-state index contributed by atoms with van der Waals surface area (Å²) in [4.78, 5) is 35.8. The van der Waals surface area contributed by atoms with Crippen molar-refractivity contribution in [3.63, 3.8) is 0 Å². The number of amides is 2. The fourth-order valence-electron chi connectivity index (χ4n) is 2.32. The van der Waals surface area contributed by atoms with Crippen molar-refractivity contribution < 1.29 is 19.5 Å². The number of nitrogens with one attached hydrogen (secondary N) is 1. The number of nitrogens with zero attached hydrogens (tertiary/aromatic N) is 1. The lowest BCUT2D eigenvalue weighted by Crippen LogP contribution is -2.32. The molecule has 1 heterocycles. The van der Waals surface area contributed by atoms with Gasteiger partial charge in [0.2, 0.25) is 11.8 Å². The van der Waals surface area contributed by atoms with Gasteiger partial charge in [-0.25, -0.2) is 0 Å². The van der Waals surface area contributed by atoms with E-state index in [9.17, 15) is 14.4 Å². The first-order chi connectivity index (χ1) is 10.5. The lowest BCUT2D eigenvalue weighted by molar-refractivity contribution is -0.141. The molecule has 2 amide bonds. The van der Waals surface area contributed by atoms with Crippen molar-refractivity contribution in [1.82, 2.24) is 5.32 Å². The summed E-state index contributed by atoms with van der Waals surface area (Å²) in [6.07, 6.45) is 1.66. The predicted molar refractivity (Wildman–Crippen MR) is 81.5 cm³/mol. The maximum absolute atomic E-state index is 11.8. The molecular formula is C16H20N2O4. The van der Waals surface area contributed by atoms with Gasteiger partial charge in [0.25, 0.3) is 0 Å². The van der Waals surface area contributed by atoms with Crippen LogP contribution in [0.1, 0.15) is 25.3 Å². The third kappa shape index (κ3) is 4.07. The maximum Gasteiger partial charge on any atom is 0.308 e. The molecule has 118 valence electrons. The van der Waals surface area contributed by atoms with Gasteiger partial charge < -0.3 is 15.3 Å². The van der Waals surface area contributed by atoms with Crippen LogP contribution in [0.2, 0.25) is 0 Å². The van der Waals surface area contributed by atoms with E-state index in [-0.39, 0.29) is 24.8 Å². The molecule has 1 aromatic carbocycles. The second kappa shape index (κ2) is 7.06. The zero-order chi connectivity index (χ0) is 16.1. The molecule has 0 radical (unpaired) electrons. The van der Waals surface area contributed by atoms with Crippen molar-refractivity contribution in [3.8, 4) is 0 Å². The van der Waals surface area contributed by atoms with Gasteiger partial charge in [-0.2, -0.15) is 0 Å². The van der Waals surface area contributed by atoms with Crippen LogP contribution < -0.4 is 10.2 Å². The number of hydrogen-bond acceptors (Lipinski definition) is 3. The summed E-state index contributed by atoms with van der Waals surface area (Å²) in [5.74, 6) is -1.61. The SMILES string of the molecule is C[C@@H](CNC(=O)Cc1ccc(N2CCCC2=O)cc1)C(=O)O. The van der Waals surface area contributed by atoms with Crippen LogP contribution in [0.4, 0.5) is 5.69 Å². The fraction of sp³-hybridized carbons (Fsp3) is 0.438. The summed E-state index contributed by atoms with van der Waals surface area (Å²) in [5, 5.41) is 11.4. The second-order valence-corrected chi connectivity index (χ2v) is 5.54. The molecule has 2 rings (SSSR count). The molecule has 6 heteroatoms. The normalized spacial score (nSPS) is 15.7. The molecule has 1 fully saturated rings. The number of carboxylic acids is 1. The maximum atomic E-state index is 11.8. The van der Waals surface area contributed by atoms with E-state index in [0.717, 1.165) is 24.2 Å². The fourth-order valence-corrected chi connectivity index (χ4v) is 2.32. The molecule has 1 aliphatic rings. The molecule has 6 nitrogen and oxygen atoms in total. The number of benzene rings is 1. The summed E-state index contributed by atoms with van der Waals surface area (Å²) in [5.41, 5.74) is 1.68. The van der Waals surface area contributed by atoms with Crippen LogP contribution in [0.15, 0.2) is 24.3 Å². The number of carbonyl (C=O) groups excluding carboxylic acids is 2. The molecule has 1 saturated heterocycles. The Morgan fingerprint density at radius 1 is 1.32 bits per heavy atom. The highest BCUT2D eigenvalue weighted by Gasteiger charge is 2.21. The molecule has 2 N–H and O–H groups in total. The Labute approximate surface area is 129 Å². The standard InChI is InChI=1S/C16H20N2O4/c1-11(16(21)22)10-17-14(19)9-12-4-6-13(7-5-12)18-8-2-3-15(18)20/h4-7,11H,2-3,8-10H2,1H3,(H,17,19)(H,21,22)/t11-/m0/s1. The van der Waals surface area contributed by atoms with Gasteiger partial charge in [0, 0.05) is 25.2 Å². The molecule has 1 aromatic rings. The average Bonchev–Trinajstić information content (AvgIpc) is 2.91. The number of carboxylic acid groups (broad SMARTS) is 1. The highest BCUT2D eigenvalue weighted by atomic mass is 16.4. The number of anilines is 1. The Bertz CT molecular complexity index is 568. The Morgan fingerprint density at radius 3 is 2.55 bits per heavy atom. The first-order valence-corrected chi connectivity index (χ1v) is 7.36. The minimum absolute atomic E-state index is 0.120. The summed E-state index contributed by atoms with van der Waals surface area (Å²) in [7, 11) is 0. The van der Waals surface area contributed by atoms with Gasteiger partial charge >= 0.3 is 5.97 Å². The van der Waals surface area contributed by atoms with E-state index in [0.29, 0.717) is 6.42 Å². The van der Waals surface area contributed by atoms with Crippen molar-refractivity contribution in [2.24, 2.45) is 5.92 Å². The van der Waals surface area contributed by atoms with Crippen molar-refractivity contribution in [2.75, 3.05) is 18.0 Å². The predicted octanol–water partition coefficient (Wildman–Crippen LogP) is 1.19. The molecule has 0 bridgehead atoms. The molecule has 1 aliphatic heterocycles. The number of rotatable bonds is 6. The van der Waals surface area contributed by atoms with Crippen molar-refractivity contribution >= 4 is 23.5 Å². The average molecular weight is 304 g/mol. The minimum Gasteiger partial charge on any atom is -0.481 e. The Kier molecular flexibility index (Phi) is 5.14. The van der Waals surface area contributed by atoms with Gasteiger partial charge in [-0.15, -0.1) is 0 Å². The number of carbonyl (C=O) groups is 3. The van der Waals surface area contributed by atoms with Gasteiger partial charge in [0.1, 0.15) is 0 Å². The first kappa shape index (κ1) is 16.0. The highest BCUT2D eigenvalue weighted by Crippen LogP contribution is 2.21. The van der Waals surface area contributed by atoms with Gasteiger partial charge in [-0.1, -0.05) is 19.1 Å². The Hall–Kier alpha value is -2.37.